The van der Waals surface area contributed by atoms with Crippen LogP contribution in [0.3, 0.4) is 0 Å². The van der Waals surface area contributed by atoms with Gasteiger partial charge in [-0.2, -0.15) is 0 Å². The largest absolute Gasteiger partial charge is 0.507 e. The molecule has 3 nitrogen and oxygen atoms in total. The highest BCUT2D eigenvalue weighted by molar-refractivity contribution is 6.35. The molecule has 16 heavy (non-hydrogen) atoms. The first-order chi connectivity index (χ1) is 7.34. The van der Waals surface area contributed by atoms with Gasteiger partial charge in [0.15, 0.2) is 0 Å². The molecule has 0 heterocycles. The molecular weight excluding hydrogens is 249 g/mol. The van der Waals surface area contributed by atoms with E-state index in [9.17, 15) is 10.2 Å². The van der Waals surface area contributed by atoms with Crippen molar-refractivity contribution in [2.75, 3.05) is 0 Å². The number of hydrogen-bond donors (Lipinski definition) is 3. The standard InChI is InChI=1S/C11H15Cl2NO2/c1-5(2)11(16)10(14)9-7(13)3-6(12)4-8(9)15/h3-5,10-11,15-16H,14H2,1-2H3/t10-,11+/m0/s1. The van der Waals surface area contributed by atoms with Crippen LogP contribution in [0.5, 0.6) is 5.75 Å². The Bertz CT molecular complexity index is 359. The molecule has 2 atom stereocenters. The van der Waals surface area contributed by atoms with E-state index in [4.69, 9.17) is 28.9 Å². The van der Waals surface area contributed by atoms with E-state index in [1.165, 1.54) is 12.1 Å². The first-order valence-electron chi connectivity index (χ1n) is 4.96. The average Bonchev–Trinajstić information content (AvgIpc) is 2.14. The molecule has 0 spiro atoms. The summed E-state index contributed by atoms with van der Waals surface area (Å²) >= 11 is 11.7. The lowest BCUT2D eigenvalue weighted by Gasteiger charge is -2.24. The van der Waals surface area contributed by atoms with E-state index in [1.807, 2.05) is 13.8 Å². The second-order valence-electron chi connectivity index (χ2n) is 4.08. The monoisotopic (exact) mass is 263 g/mol. The van der Waals surface area contributed by atoms with Crippen molar-refractivity contribution in [3.05, 3.63) is 27.7 Å². The van der Waals surface area contributed by atoms with Gasteiger partial charge in [-0.25, -0.2) is 0 Å². The first-order valence-corrected chi connectivity index (χ1v) is 5.71. The highest BCUT2D eigenvalue weighted by Crippen LogP contribution is 2.36. The Kier molecular flexibility index (Phi) is 4.44. The fourth-order valence-corrected chi connectivity index (χ4v) is 2.10. The molecule has 0 amide bonds. The van der Waals surface area contributed by atoms with Crippen molar-refractivity contribution in [3.63, 3.8) is 0 Å². The molecule has 5 heteroatoms. The van der Waals surface area contributed by atoms with Crippen LogP contribution < -0.4 is 5.73 Å². The lowest BCUT2D eigenvalue weighted by atomic mass is 9.94. The molecule has 0 bridgehead atoms. The molecule has 0 aromatic heterocycles. The molecule has 0 unspecified atom stereocenters. The Morgan fingerprint density at radius 1 is 1.25 bits per heavy atom. The third kappa shape index (κ3) is 2.80. The molecule has 1 aromatic carbocycles. The number of phenols is 1. The number of aromatic hydroxyl groups is 1. The van der Waals surface area contributed by atoms with E-state index in [0.29, 0.717) is 10.6 Å². The van der Waals surface area contributed by atoms with Crippen molar-refractivity contribution in [1.29, 1.82) is 0 Å². The summed E-state index contributed by atoms with van der Waals surface area (Å²) in [6, 6.07) is 2.12. The van der Waals surface area contributed by atoms with Crippen LogP contribution in [0, 0.1) is 5.92 Å². The predicted octanol–water partition coefficient (Wildman–Crippen LogP) is 2.72. The van der Waals surface area contributed by atoms with Crippen LogP contribution in [0.4, 0.5) is 0 Å². The Balaban J connectivity index is 3.13. The Morgan fingerprint density at radius 2 is 1.81 bits per heavy atom. The molecule has 0 saturated heterocycles. The number of nitrogens with two attached hydrogens (primary N) is 1. The third-order valence-corrected chi connectivity index (χ3v) is 2.99. The average molecular weight is 264 g/mol. The van der Waals surface area contributed by atoms with Crippen LogP contribution in [-0.4, -0.2) is 16.3 Å². The SMILES string of the molecule is CC(C)[C@@H](O)[C@@H](N)c1c(O)cc(Cl)cc1Cl. The van der Waals surface area contributed by atoms with E-state index < -0.39 is 12.1 Å². The summed E-state index contributed by atoms with van der Waals surface area (Å²) in [4.78, 5) is 0. The normalized spacial score (nSPS) is 15.2. The molecule has 0 saturated carbocycles. The van der Waals surface area contributed by atoms with Gasteiger partial charge in [0.05, 0.1) is 17.2 Å². The molecule has 90 valence electrons. The van der Waals surface area contributed by atoms with Gasteiger partial charge in [-0.15, -0.1) is 0 Å². The number of phenolic OH excluding ortho intramolecular Hbond substituents is 1. The predicted molar refractivity (Wildman–Crippen MR) is 65.9 cm³/mol. The molecule has 0 fully saturated rings. The summed E-state index contributed by atoms with van der Waals surface area (Å²) in [6.07, 6.45) is -0.774. The van der Waals surface area contributed by atoms with Gasteiger partial charge >= 0.3 is 0 Å². The van der Waals surface area contributed by atoms with Gasteiger partial charge in [-0.1, -0.05) is 37.0 Å². The van der Waals surface area contributed by atoms with Crippen LogP contribution in [0.25, 0.3) is 0 Å². The maximum absolute atomic E-state index is 9.84. The van der Waals surface area contributed by atoms with Crippen LogP contribution >= 0.6 is 23.2 Å². The molecule has 1 aromatic rings. The number of hydrogen-bond acceptors (Lipinski definition) is 3. The zero-order chi connectivity index (χ0) is 12.5. The van der Waals surface area contributed by atoms with E-state index in [2.05, 4.69) is 0 Å². The Morgan fingerprint density at radius 3 is 2.25 bits per heavy atom. The Hall–Kier alpha value is -0.480. The molecule has 0 radical (unpaired) electrons. The number of rotatable bonds is 3. The van der Waals surface area contributed by atoms with Gasteiger partial charge in [0, 0.05) is 10.6 Å². The lowest BCUT2D eigenvalue weighted by molar-refractivity contribution is 0.0970. The smallest absolute Gasteiger partial charge is 0.123 e. The zero-order valence-electron chi connectivity index (χ0n) is 9.11. The quantitative estimate of drug-likeness (QED) is 0.786. The van der Waals surface area contributed by atoms with Crippen molar-refractivity contribution in [2.45, 2.75) is 26.0 Å². The van der Waals surface area contributed by atoms with Crippen LogP contribution in [-0.2, 0) is 0 Å². The summed E-state index contributed by atoms with van der Waals surface area (Å²) in [5.74, 6) is -0.120. The third-order valence-electron chi connectivity index (χ3n) is 2.46. The molecule has 0 aliphatic carbocycles. The lowest BCUT2D eigenvalue weighted by Crippen LogP contribution is -2.30. The summed E-state index contributed by atoms with van der Waals surface area (Å²) in [7, 11) is 0. The first kappa shape index (κ1) is 13.6. The van der Waals surface area contributed by atoms with Gasteiger partial charge in [-0.3, -0.25) is 0 Å². The van der Waals surface area contributed by atoms with Crippen molar-refractivity contribution in [2.24, 2.45) is 11.7 Å². The summed E-state index contributed by atoms with van der Waals surface area (Å²) in [6.45, 7) is 3.68. The highest BCUT2D eigenvalue weighted by atomic mass is 35.5. The molecular formula is C11H15Cl2NO2. The molecule has 0 aliphatic heterocycles. The number of aliphatic hydroxyl groups is 1. The van der Waals surface area contributed by atoms with Crippen molar-refractivity contribution < 1.29 is 10.2 Å². The second-order valence-corrected chi connectivity index (χ2v) is 4.92. The molecule has 4 N–H and O–H groups in total. The van der Waals surface area contributed by atoms with E-state index >= 15 is 0 Å². The summed E-state index contributed by atoms with van der Waals surface area (Å²) in [5, 5.41) is 20.1. The van der Waals surface area contributed by atoms with E-state index in [-0.39, 0.29) is 16.7 Å². The fraction of sp³-hybridized carbons (Fsp3) is 0.455. The minimum atomic E-state index is -0.774. The minimum Gasteiger partial charge on any atom is -0.507 e. The van der Waals surface area contributed by atoms with Crippen LogP contribution in [0.2, 0.25) is 10.0 Å². The topological polar surface area (TPSA) is 66.5 Å². The summed E-state index contributed by atoms with van der Waals surface area (Å²) < 4.78 is 0. The highest BCUT2D eigenvalue weighted by Gasteiger charge is 2.25. The number of benzene rings is 1. The molecule has 0 aliphatic rings. The maximum atomic E-state index is 9.84. The van der Waals surface area contributed by atoms with Crippen LogP contribution in [0.15, 0.2) is 12.1 Å². The van der Waals surface area contributed by atoms with Gasteiger partial charge in [0.2, 0.25) is 0 Å². The van der Waals surface area contributed by atoms with E-state index in [1.54, 1.807) is 0 Å². The van der Waals surface area contributed by atoms with Crippen molar-refractivity contribution in [3.8, 4) is 5.75 Å². The van der Waals surface area contributed by atoms with Crippen molar-refractivity contribution >= 4 is 23.2 Å². The number of halogens is 2. The van der Waals surface area contributed by atoms with Gasteiger partial charge in [0.25, 0.3) is 0 Å². The Labute approximate surface area is 105 Å². The van der Waals surface area contributed by atoms with Crippen molar-refractivity contribution in [1.82, 2.24) is 0 Å². The van der Waals surface area contributed by atoms with Crippen LogP contribution in [0.1, 0.15) is 25.5 Å². The van der Waals surface area contributed by atoms with Gasteiger partial charge < -0.3 is 15.9 Å². The summed E-state index contributed by atoms with van der Waals surface area (Å²) in [5.41, 5.74) is 6.18. The zero-order valence-corrected chi connectivity index (χ0v) is 10.6. The fourth-order valence-electron chi connectivity index (χ4n) is 1.49. The molecule has 1 rings (SSSR count). The van der Waals surface area contributed by atoms with Gasteiger partial charge in [-0.05, 0) is 18.1 Å². The minimum absolute atomic E-state index is 0.0267. The van der Waals surface area contributed by atoms with E-state index in [0.717, 1.165) is 0 Å². The maximum Gasteiger partial charge on any atom is 0.123 e. The van der Waals surface area contributed by atoms with Gasteiger partial charge in [0.1, 0.15) is 5.75 Å². The second kappa shape index (κ2) is 5.23. The number of aliphatic hydroxyl groups excluding tert-OH is 1.